The zero-order valence-corrected chi connectivity index (χ0v) is 11.9. The van der Waals surface area contributed by atoms with Crippen LogP contribution < -0.4 is 0 Å². The lowest BCUT2D eigenvalue weighted by Gasteiger charge is -2.10. The maximum atomic E-state index is 12.1. The number of nitrogens with zero attached hydrogens (tertiary/aromatic N) is 2. The molecule has 0 radical (unpaired) electrons. The van der Waals surface area contributed by atoms with Crippen LogP contribution in [0.4, 0.5) is 0 Å². The van der Waals surface area contributed by atoms with E-state index in [0.717, 1.165) is 23.5 Å². The molecule has 19 heavy (non-hydrogen) atoms. The summed E-state index contributed by atoms with van der Waals surface area (Å²) < 4.78 is 14.0. The highest BCUT2D eigenvalue weighted by Gasteiger charge is 2.45. The molecule has 2 aromatic rings. The second-order valence-electron chi connectivity index (χ2n) is 5.12. The number of carboxylic acids is 1. The van der Waals surface area contributed by atoms with Crippen molar-refractivity contribution in [1.29, 1.82) is 0 Å². The summed E-state index contributed by atoms with van der Waals surface area (Å²) in [5.41, 5.74) is 0.602. The van der Waals surface area contributed by atoms with Gasteiger partial charge in [0.15, 0.2) is 4.96 Å². The fraction of sp³-hybridized carbons (Fsp3) is 0.500. The summed E-state index contributed by atoms with van der Waals surface area (Å²) in [5, 5.41) is 10.8. The first-order chi connectivity index (χ1) is 9.06. The first-order valence-corrected chi connectivity index (χ1v) is 8.41. The van der Waals surface area contributed by atoms with E-state index in [9.17, 15) is 9.00 Å². The van der Waals surface area contributed by atoms with Crippen LogP contribution in [0.2, 0.25) is 0 Å². The Morgan fingerprint density at radius 1 is 1.58 bits per heavy atom. The Balaban J connectivity index is 1.62. The van der Waals surface area contributed by atoms with E-state index in [1.807, 2.05) is 22.2 Å². The highest BCUT2D eigenvalue weighted by molar-refractivity contribution is 7.84. The smallest absolute Gasteiger partial charge is 0.303 e. The van der Waals surface area contributed by atoms with Gasteiger partial charge in [-0.1, -0.05) is 0 Å². The number of carbonyl (C=O) groups is 1. The fourth-order valence-corrected chi connectivity index (χ4v) is 4.64. The number of carboxylic acid groups (broad SMARTS) is 1. The van der Waals surface area contributed by atoms with Gasteiger partial charge in [0.25, 0.3) is 0 Å². The van der Waals surface area contributed by atoms with Gasteiger partial charge in [-0.15, -0.1) is 11.3 Å². The molecule has 0 bridgehead atoms. The van der Waals surface area contributed by atoms with Crippen LogP contribution in [-0.4, -0.2) is 30.4 Å². The van der Waals surface area contributed by atoms with Gasteiger partial charge in [-0.2, -0.15) is 0 Å². The average Bonchev–Trinajstić information content (AvgIpc) is 2.73. The largest absolute Gasteiger partial charge is 0.481 e. The number of hydrogen-bond acceptors (Lipinski definition) is 4. The quantitative estimate of drug-likeness (QED) is 0.884. The third kappa shape index (κ3) is 2.87. The number of rotatable bonds is 6. The van der Waals surface area contributed by atoms with Crippen molar-refractivity contribution >= 4 is 33.1 Å². The first kappa shape index (κ1) is 12.8. The summed E-state index contributed by atoms with van der Waals surface area (Å²) in [5.74, 6) is 0.0947. The van der Waals surface area contributed by atoms with Crippen molar-refractivity contribution in [2.24, 2.45) is 5.41 Å². The monoisotopic (exact) mass is 298 g/mol. The lowest BCUT2D eigenvalue weighted by molar-refractivity contribution is -0.138. The van der Waals surface area contributed by atoms with Crippen molar-refractivity contribution in [3.8, 4) is 0 Å². The van der Waals surface area contributed by atoms with Crippen LogP contribution in [0.5, 0.6) is 0 Å². The number of thiazole rings is 1. The molecule has 7 heteroatoms. The molecule has 0 saturated heterocycles. The molecule has 0 amide bonds. The fourth-order valence-electron chi connectivity index (χ4n) is 2.27. The van der Waals surface area contributed by atoms with Gasteiger partial charge < -0.3 is 5.11 Å². The Kier molecular flexibility index (Phi) is 3.18. The van der Waals surface area contributed by atoms with E-state index in [1.54, 1.807) is 11.3 Å². The van der Waals surface area contributed by atoms with E-state index in [4.69, 9.17) is 5.11 Å². The molecule has 1 N–H and O–H groups in total. The van der Waals surface area contributed by atoms with Crippen LogP contribution in [-0.2, 0) is 21.3 Å². The summed E-state index contributed by atoms with van der Waals surface area (Å²) >= 11 is 1.54. The van der Waals surface area contributed by atoms with E-state index in [0.29, 0.717) is 11.5 Å². The van der Waals surface area contributed by atoms with Gasteiger partial charge in [0.05, 0.1) is 17.9 Å². The maximum Gasteiger partial charge on any atom is 0.303 e. The number of aliphatic carboxylic acids is 1. The summed E-state index contributed by atoms with van der Waals surface area (Å²) in [4.78, 5) is 16.1. The minimum absolute atomic E-state index is 0.136. The zero-order valence-electron chi connectivity index (χ0n) is 10.2. The summed E-state index contributed by atoms with van der Waals surface area (Å²) in [6, 6.07) is 0. The molecule has 0 aliphatic heterocycles. The van der Waals surface area contributed by atoms with Crippen molar-refractivity contribution in [2.75, 3.05) is 5.75 Å². The van der Waals surface area contributed by atoms with Gasteiger partial charge in [-0.05, 0) is 18.3 Å². The molecule has 1 saturated carbocycles. The van der Waals surface area contributed by atoms with Crippen molar-refractivity contribution < 1.29 is 14.1 Å². The van der Waals surface area contributed by atoms with Crippen LogP contribution >= 0.6 is 11.3 Å². The summed E-state index contributed by atoms with van der Waals surface area (Å²) in [7, 11) is -1.04. The summed E-state index contributed by atoms with van der Waals surface area (Å²) in [6.07, 6.45) is 5.70. The van der Waals surface area contributed by atoms with E-state index >= 15 is 0 Å². The molecule has 0 spiro atoms. The average molecular weight is 298 g/mol. The van der Waals surface area contributed by atoms with Gasteiger partial charge in [0.2, 0.25) is 0 Å². The molecule has 5 nitrogen and oxygen atoms in total. The Labute approximate surface area is 116 Å². The van der Waals surface area contributed by atoms with Crippen molar-refractivity contribution in [3.05, 3.63) is 23.5 Å². The Morgan fingerprint density at radius 3 is 3.00 bits per heavy atom. The highest BCUT2D eigenvalue weighted by atomic mass is 32.2. The third-order valence-corrected chi connectivity index (χ3v) is 5.73. The van der Waals surface area contributed by atoms with Crippen LogP contribution in [0.1, 0.15) is 25.0 Å². The highest BCUT2D eigenvalue weighted by Crippen LogP contribution is 2.49. The minimum atomic E-state index is -1.04. The predicted octanol–water partition coefficient (Wildman–Crippen LogP) is 1.90. The van der Waals surface area contributed by atoms with E-state index < -0.39 is 16.8 Å². The van der Waals surface area contributed by atoms with Gasteiger partial charge in [0.1, 0.15) is 0 Å². The molecule has 1 aliphatic rings. The van der Waals surface area contributed by atoms with E-state index in [2.05, 4.69) is 4.98 Å². The lowest BCUT2D eigenvalue weighted by atomic mass is 10.1. The van der Waals surface area contributed by atoms with Crippen molar-refractivity contribution in [1.82, 2.24) is 9.38 Å². The topological polar surface area (TPSA) is 71.7 Å². The second-order valence-corrected chi connectivity index (χ2v) is 7.45. The number of hydrogen-bond donors (Lipinski definition) is 1. The minimum Gasteiger partial charge on any atom is -0.481 e. The van der Waals surface area contributed by atoms with Gasteiger partial charge >= 0.3 is 5.97 Å². The second kappa shape index (κ2) is 4.72. The molecular formula is C12H14N2O3S2. The van der Waals surface area contributed by atoms with Crippen LogP contribution in [0.25, 0.3) is 4.96 Å². The Hall–Kier alpha value is -1.21. The van der Waals surface area contributed by atoms with Gasteiger partial charge in [0, 0.05) is 34.3 Å². The predicted molar refractivity (Wildman–Crippen MR) is 73.7 cm³/mol. The first-order valence-electron chi connectivity index (χ1n) is 6.04. The van der Waals surface area contributed by atoms with Crippen molar-refractivity contribution in [2.45, 2.75) is 25.0 Å². The van der Waals surface area contributed by atoms with Crippen LogP contribution in [0, 0.1) is 5.41 Å². The SMILES string of the molecule is O=C(O)CC1(CS(=O)Cc2cn3ccsc3n2)CC1. The van der Waals surface area contributed by atoms with Crippen LogP contribution in [0.15, 0.2) is 17.8 Å². The molecule has 102 valence electrons. The standard InChI is InChI=1S/C12H14N2O3S2/c15-10(16)5-12(1-2-12)8-19(17)7-9-6-14-3-4-18-11(14)13-9/h3-4,6H,1-2,5,7-8H2,(H,15,16). The molecule has 1 aliphatic carbocycles. The molecular weight excluding hydrogens is 284 g/mol. The van der Waals surface area contributed by atoms with Gasteiger partial charge in [-0.3, -0.25) is 13.4 Å². The summed E-state index contributed by atoms with van der Waals surface area (Å²) in [6.45, 7) is 0. The number of imidazole rings is 1. The Morgan fingerprint density at radius 2 is 2.37 bits per heavy atom. The zero-order chi connectivity index (χ0) is 13.5. The van der Waals surface area contributed by atoms with Crippen molar-refractivity contribution in [3.63, 3.8) is 0 Å². The molecule has 3 rings (SSSR count). The molecule has 0 aromatic carbocycles. The molecule has 2 aromatic heterocycles. The molecule has 1 unspecified atom stereocenters. The molecule has 1 fully saturated rings. The van der Waals surface area contributed by atoms with Crippen LogP contribution in [0.3, 0.4) is 0 Å². The number of aromatic nitrogens is 2. The third-order valence-electron chi connectivity index (χ3n) is 3.40. The van der Waals surface area contributed by atoms with E-state index in [1.165, 1.54) is 0 Å². The van der Waals surface area contributed by atoms with E-state index in [-0.39, 0.29) is 11.8 Å². The Bertz CT molecular complexity index is 614. The normalized spacial score (nSPS) is 18.5. The number of fused-ring (bicyclic) bond motifs is 1. The lowest BCUT2D eigenvalue weighted by Crippen LogP contribution is -2.17. The molecule has 1 atom stereocenters. The molecule has 2 heterocycles. The maximum absolute atomic E-state index is 12.1. The van der Waals surface area contributed by atoms with Gasteiger partial charge in [-0.25, -0.2) is 4.98 Å².